The summed E-state index contributed by atoms with van der Waals surface area (Å²) in [5, 5.41) is 5.24. The second-order valence-corrected chi connectivity index (χ2v) is 6.23. The normalized spacial score (nSPS) is 12.2. The lowest BCUT2D eigenvalue weighted by molar-refractivity contribution is -0.120. The molecule has 0 aromatic carbocycles. The number of aromatic nitrogens is 1. The van der Waals surface area contributed by atoms with Crippen LogP contribution in [0.5, 0.6) is 5.88 Å². The van der Waals surface area contributed by atoms with Crippen molar-refractivity contribution in [2.75, 3.05) is 13.7 Å². The van der Waals surface area contributed by atoms with Gasteiger partial charge in [-0.1, -0.05) is 0 Å². The van der Waals surface area contributed by atoms with Crippen LogP contribution < -0.4 is 15.4 Å². The van der Waals surface area contributed by atoms with Gasteiger partial charge in [-0.2, -0.15) is 0 Å². The van der Waals surface area contributed by atoms with Crippen LogP contribution in [0, 0.1) is 0 Å². The van der Waals surface area contributed by atoms with Crippen LogP contribution in [-0.2, 0) is 16.0 Å². The van der Waals surface area contributed by atoms with Crippen LogP contribution in [0.2, 0.25) is 0 Å². The monoisotopic (exact) mass is 323 g/mol. The standard InChI is InChI=1S/C16H25N3O4/c1-11(8-12-6-7-17-14(9-12)22-5)19-13(20)10-18-15(21)23-16(2,3)4/h6-7,9,11H,8,10H2,1-5H3,(H,18,21)(H,19,20). The van der Waals surface area contributed by atoms with Crippen LogP contribution in [0.3, 0.4) is 0 Å². The van der Waals surface area contributed by atoms with Crippen LogP contribution in [0.15, 0.2) is 18.3 Å². The maximum Gasteiger partial charge on any atom is 0.408 e. The van der Waals surface area contributed by atoms with E-state index in [1.165, 1.54) is 0 Å². The molecule has 1 atom stereocenters. The highest BCUT2D eigenvalue weighted by Crippen LogP contribution is 2.10. The Morgan fingerprint density at radius 1 is 1.35 bits per heavy atom. The van der Waals surface area contributed by atoms with E-state index in [0.29, 0.717) is 12.3 Å². The molecule has 1 aromatic heterocycles. The first-order valence-electron chi connectivity index (χ1n) is 7.44. The van der Waals surface area contributed by atoms with E-state index in [1.807, 2.05) is 19.1 Å². The largest absolute Gasteiger partial charge is 0.481 e. The van der Waals surface area contributed by atoms with E-state index < -0.39 is 11.7 Å². The molecule has 0 saturated carbocycles. The quantitative estimate of drug-likeness (QED) is 0.831. The minimum absolute atomic E-state index is 0.0879. The Morgan fingerprint density at radius 3 is 2.65 bits per heavy atom. The lowest BCUT2D eigenvalue weighted by Gasteiger charge is -2.20. The van der Waals surface area contributed by atoms with Gasteiger partial charge in [0.1, 0.15) is 12.1 Å². The molecule has 1 unspecified atom stereocenters. The molecule has 7 heteroatoms. The molecule has 0 spiro atoms. The van der Waals surface area contributed by atoms with Crippen molar-refractivity contribution in [3.05, 3.63) is 23.9 Å². The van der Waals surface area contributed by atoms with Gasteiger partial charge in [-0.25, -0.2) is 9.78 Å². The molecule has 0 aliphatic heterocycles. The van der Waals surface area contributed by atoms with E-state index in [0.717, 1.165) is 5.56 Å². The van der Waals surface area contributed by atoms with Crippen LogP contribution in [0.25, 0.3) is 0 Å². The van der Waals surface area contributed by atoms with Crippen molar-refractivity contribution in [2.45, 2.75) is 45.8 Å². The van der Waals surface area contributed by atoms with Crippen molar-refractivity contribution in [1.29, 1.82) is 0 Å². The summed E-state index contributed by atoms with van der Waals surface area (Å²) in [5.74, 6) is 0.261. The summed E-state index contributed by atoms with van der Waals surface area (Å²) < 4.78 is 10.1. The van der Waals surface area contributed by atoms with Gasteiger partial charge in [-0.15, -0.1) is 0 Å². The van der Waals surface area contributed by atoms with Crippen molar-refractivity contribution >= 4 is 12.0 Å². The number of alkyl carbamates (subject to hydrolysis) is 1. The van der Waals surface area contributed by atoms with Gasteiger partial charge < -0.3 is 20.1 Å². The number of carbonyl (C=O) groups excluding carboxylic acids is 2. The van der Waals surface area contributed by atoms with Gasteiger partial charge in [0.15, 0.2) is 0 Å². The fraction of sp³-hybridized carbons (Fsp3) is 0.562. The highest BCUT2D eigenvalue weighted by Gasteiger charge is 2.17. The van der Waals surface area contributed by atoms with Crippen molar-refractivity contribution in [2.24, 2.45) is 0 Å². The molecule has 0 aliphatic carbocycles. The molecule has 0 fully saturated rings. The Labute approximate surface area is 136 Å². The Balaban J connectivity index is 2.37. The number of amides is 2. The predicted molar refractivity (Wildman–Crippen MR) is 86.3 cm³/mol. The third kappa shape index (κ3) is 8.04. The first-order valence-corrected chi connectivity index (χ1v) is 7.44. The summed E-state index contributed by atoms with van der Waals surface area (Å²) in [7, 11) is 1.56. The number of pyridine rings is 1. The summed E-state index contributed by atoms with van der Waals surface area (Å²) in [6.45, 7) is 7.05. The number of hydrogen-bond donors (Lipinski definition) is 2. The van der Waals surface area contributed by atoms with E-state index in [9.17, 15) is 9.59 Å². The second-order valence-electron chi connectivity index (χ2n) is 6.23. The molecule has 128 valence electrons. The number of methoxy groups -OCH3 is 1. The fourth-order valence-electron chi connectivity index (χ4n) is 1.89. The summed E-state index contributed by atoms with van der Waals surface area (Å²) in [6.07, 6.45) is 1.68. The number of nitrogens with one attached hydrogen (secondary N) is 2. The highest BCUT2D eigenvalue weighted by molar-refractivity contribution is 5.82. The zero-order valence-electron chi connectivity index (χ0n) is 14.3. The molecule has 0 bridgehead atoms. The van der Waals surface area contributed by atoms with E-state index >= 15 is 0 Å². The first-order chi connectivity index (χ1) is 10.7. The average Bonchev–Trinajstić information content (AvgIpc) is 2.43. The predicted octanol–water partition coefficient (Wildman–Crippen LogP) is 1.66. The van der Waals surface area contributed by atoms with Crippen LogP contribution in [-0.4, -0.2) is 42.3 Å². The third-order valence-corrected chi connectivity index (χ3v) is 2.75. The van der Waals surface area contributed by atoms with Crippen molar-refractivity contribution in [3.8, 4) is 5.88 Å². The molecule has 23 heavy (non-hydrogen) atoms. The van der Waals surface area contributed by atoms with Gasteiger partial charge in [0.05, 0.1) is 7.11 Å². The third-order valence-electron chi connectivity index (χ3n) is 2.75. The molecule has 1 aromatic rings. The summed E-state index contributed by atoms with van der Waals surface area (Å²) in [5.41, 5.74) is 0.415. The Kier molecular flexibility index (Phi) is 6.81. The van der Waals surface area contributed by atoms with Gasteiger partial charge in [-0.05, 0) is 45.7 Å². The fourth-order valence-corrected chi connectivity index (χ4v) is 1.89. The molecule has 0 aliphatic rings. The van der Waals surface area contributed by atoms with Gasteiger partial charge in [0.2, 0.25) is 11.8 Å². The zero-order chi connectivity index (χ0) is 17.5. The van der Waals surface area contributed by atoms with E-state index in [1.54, 1.807) is 34.1 Å². The first kappa shape index (κ1) is 18.7. The molecular weight excluding hydrogens is 298 g/mol. The van der Waals surface area contributed by atoms with Crippen molar-refractivity contribution < 1.29 is 19.1 Å². The zero-order valence-corrected chi connectivity index (χ0v) is 14.3. The van der Waals surface area contributed by atoms with E-state index in [4.69, 9.17) is 9.47 Å². The van der Waals surface area contributed by atoms with Gasteiger partial charge in [0, 0.05) is 18.3 Å². The van der Waals surface area contributed by atoms with Crippen LogP contribution in [0.1, 0.15) is 33.3 Å². The molecule has 2 N–H and O–H groups in total. The Hall–Kier alpha value is -2.31. The van der Waals surface area contributed by atoms with Crippen LogP contribution in [0.4, 0.5) is 4.79 Å². The minimum atomic E-state index is -0.612. The van der Waals surface area contributed by atoms with E-state index in [-0.39, 0.29) is 18.5 Å². The SMILES string of the molecule is COc1cc(CC(C)NC(=O)CNC(=O)OC(C)(C)C)ccn1. The lowest BCUT2D eigenvalue weighted by Crippen LogP contribution is -2.43. The maximum atomic E-state index is 11.8. The highest BCUT2D eigenvalue weighted by atomic mass is 16.6. The minimum Gasteiger partial charge on any atom is -0.481 e. The number of rotatable bonds is 6. The summed E-state index contributed by atoms with van der Waals surface area (Å²) >= 11 is 0. The summed E-state index contributed by atoms with van der Waals surface area (Å²) in [6, 6.07) is 3.60. The van der Waals surface area contributed by atoms with Gasteiger partial charge >= 0.3 is 6.09 Å². The number of nitrogens with zero attached hydrogens (tertiary/aromatic N) is 1. The smallest absolute Gasteiger partial charge is 0.408 e. The molecule has 2 amide bonds. The molecule has 0 saturated heterocycles. The maximum absolute atomic E-state index is 11.8. The van der Waals surface area contributed by atoms with Crippen LogP contribution >= 0.6 is 0 Å². The lowest BCUT2D eigenvalue weighted by atomic mass is 10.1. The molecule has 1 rings (SSSR count). The summed E-state index contributed by atoms with van der Waals surface area (Å²) in [4.78, 5) is 27.3. The average molecular weight is 323 g/mol. The molecule has 0 radical (unpaired) electrons. The van der Waals surface area contributed by atoms with Gasteiger partial charge in [-0.3, -0.25) is 4.79 Å². The van der Waals surface area contributed by atoms with Gasteiger partial charge in [0.25, 0.3) is 0 Å². The Morgan fingerprint density at radius 2 is 2.04 bits per heavy atom. The van der Waals surface area contributed by atoms with Crippen molar-refractivity contribution in [1.82, 2.24) is 15.6 Å². The molecule has 7 nitrogen and oxygen atoms in total. The van der Waals surface area contributed by atoms with Crippen molar-refractivity contribution in [3.63, 3.8) is 0 Å². The number of hydrogen-bond acceptors (Lipinski definition) is 5. The van der Waals surface area contributed by atoms with E-state index in [2.05, 4.69) is 15.6 Å². The molecule has 1 heterocycles. The number of ether oxygens (including phenoxy) is 2. The topological polar surface area (TPSA) is 89.6 Å². The number of carbonyl (C=O) groups is 2. The Bertz CT molecular complexity index is 540. The second kappa shape index (κ2) is 8.36. The molecular formula is C16H25N3O4.